The zero-order valence-electron chi connectivity index (χ0n) is 8.24. The summed E-state index contributed by atoms with van der Waals surface area (Å²) in [5.41, 5.74) is 5.41. The summed E-state index contributed by atoms with van der Waals surface area (Å²) in [5, 5.41) is 0. The molecular formula is C11H9FN2O2. The van der Waals surface area contributed by atoms with Crippen molar-refractivity contribution in [2.45, 2.75) is 0 Å². The molecule has 16 heavy (non-hydrogen) atoms. The molecule has 0 aliphatic carbocycles. The Bertz CT molecular complexity index is 482. The van der Waals surface area contributed by atoms with E-state index >= 15 is 0 Å². The summed E-state index contributed by atoms with van der Waals surface area (Å²) in [6.07, 6.45) is 1.40. The van der Waals surface area contributed by atoms with Crippen LogP contribution in [-0.2, 0) is 0 Å². The van der Waals surface area contributed by atoms with Gasteiger partial charge in [-0.2, -0.15) is 0 Å². The van der Waals surface area contributed by atoms with Gasteiger partial charge in [0.15, 0.2) is 5.76 Å². The molecule has 4 nitrogen and oxygen atoms in total. The maximum atomic E-state index is 12.8. The van der Waals surface area contributed by atoms with Crippen molar-refractivity contribution < 1.29 is 13.6 Å². The number of amides is 1. The SMILES string of the molecule is O=C(NNc1cccc(F)c1)c1ccco1. The molecule has 0 aliphatic heterocycles. The fraction of sp³-hybridized carbons (Fsp3) is 0. The van der Waals surface area contributed by atoms with Crippen molar-refractivity contribution in [3.63, 3.8) is 0 Å². The van der Waals surface area contributed by atoms with E-state index in [1.807, 2.05) is 0 Å². The fourth-order valence-corrected chi connectivity index (χ4v) is 1.16. The second-order valence-corrected chi connectivity index (χ2v) is 3.07. The highest BCUT2D eigenvalue weighted by molar-refractivity contribution is 5.92. The summed E-state index contributed by atoms with van der Waals surface area (Å²) >= 11 is 0. The van der Waals surface area contributed by atoms with Crippen LogP contribution in [0.4, 0.5) is 10.1 Å². The van der Waals surface area contributed by atoms with Crippen molar-refractivity contribution in [1.29, 1.82) is 0 Å². The van der Waals surface area contributed by atoms with Crippen LogP contribution in [0.1, 0.15) is 10.6 Å². The van der Waals surface area contributed by atoms with Crippen molar-refractivity contribution in [3.8, 4) is 0 Å². The molecule has 0 aliphatic rings. The lowest BCUT2D eigenvalue weighted by Crippen LogP contribution is -2.28. The van der Waals surface area contributed by atoms with Gasteiger partial charge in [-0.25, -0.2) is 4.39 Å². The maximum Gasteiger partial charge on any atom is 0.305 e. The van der Waals surface area contributed by atoms with Crippen molar-refractivity contribution >= 4 is 11.6 Å². The van der Waals surface area contributed by atoms with Gasteiger partial charge in [0.25, 0.3) is 0 Å². The van der Waals surface area contributed by atoms with E-state index in [1.54, 1.807) is 12.1 Å². The molecule has 0 atom stereocenters. The average molecular weight is 220 g/mol. The molecular weight excluding hydrogens is 211 g/mol. The maximum absolute atomic E-state index is 12.8. The Balaban J connectivity index is 1.95. The van der Waals surface area contributed by atoms with E-state index < -0.39 is 5.91 Å². The molecule has 2 N–H and O–H groups in total. The molecule has 1 heterocycles. The number of furan rings is 1. The summed E-state index contributed by atoms with van der Waals surface area (Å²) in [7, 11) is 0. The number of halogens is 1. The summed E-state index contributed by atoms with van der Waals surface area (Å²) in [4.78, 5) is 11.4. The second kappa shape index (κ2) is 4.48. The number of carbonyl (C=O) groups excluding carboxylic acids is 1. The largest absolute Gasteiger partial charge is 0.459 e. The Labute approximate surface area is 91.0 Å². The number of carbonyl (C=O) groups is 1. The molecule has 82 valence electrons. The van der Waals surface area contributed by atoms with E-state index in [4.69, 9.17) is 4.42 Å². The third-order valence-electron chi connectivity index (χ3n) is 1.89. The highest BCUT2D eigenvalue weighted by Gasteiger charge is 2.06. The highest BCUT2D eigenvalue weighted by Crippen LogP contribution is 2.07. The minimum atomic E-state index is -0.422. The lowest BCUT2D eigenvalue weighted by atomic mass is 10.3. The minimum Gasteiger partial charge on any atom is -0.459 e. The van der Waals surface area contributed by atoms with Crippen LogP contribution in [0.3, 0.4) is 0 Å². The Hall–Kier alpha value is -2.30. The Kier molecular flexibility index (Phi) is 2.86. The number of benzene rings is 1. The van der Waals surface area contributed by atoms with E-state index in [0.29, 0.717) is 5.69 Å². The first-order valence-corrected chi connectivity index (χ1v) is 4.61. The van der Waals surface area contributed by atoms with Crippen LogP contribution in [-0.4, -0.2) is 5.91 Å². The highest BCUT2D eigenvalue weighted by atomic mass is 19.1. The Morgan fingerprint density at radius 1 is 1.25 bits per heavy atom. The van der Waals surface area contributed by atoms with E-state index in [9.17, 15) is 9.18 Å². The van der Waals surface area contributed by atoms with Gasteiger partial charge in [0.2, 0.25) is 0 Å². The number of nitrogens with one attached hydrogen (secondary N) is 2. The predicted molar refractivity (Wildman–Crippen MR) is 56.2 cm³/mol. The molecule has 1 aromatic carbocycles. The molecule has 0 spiro atoms. The first kappa shape index (κ1) is 10.2. The molecule has 2 rings (SSSR count). The quantitative estimate of drug-likeness (QED) is 0.779. The van der Waals surface area contributed by atoms with Crippen LogP contribution in [0.15, 0.2) is 47.1 Å². The smallest absolute Gasteiger partial charge is 0.305 e. The van der Waals surface area contributed by atoms with Gasteiger partial charge < -0.3 is 4.42 Å². The molecule has 0 fully saturated rings. The molecule has 1 amide bonds. The molecule has 2 aromatic rings. The predicted octanol–water partition coefficient (Wildman–Crippen LogP) is 2.18. The van der Waals surface area contributed by atoms with Gasteiger partial charge in [0.05, 0.1) is 12.0 Å². The standard InChI is InChI=1S/C11H9FN2O2/c12-8-3-1-4-9(7-8)13-14-11(15)10-5-2-6-16-10/h1-7,13H,(H,14,15). The summed E-state index contributed by atoms with van der Waals surface area (Å²) in [6, 6.07) is 8.89. The summed E-state index contributed by atoms with van der Waals surface area (Å²) in [5.74, 6) is -0.615. The van der Waals surface area contributed by atoms with Crippen LogP contribution < -0.4 is 10.9 Å². The normalized spacial score (nSPS) is 9.81. The lowest BCUT2D eigenvalue weighted by molar-refractivity contribution is 0.0935. The Morgan fingerprint density at radius 3 is 2.81 bits per heavy atom. The number of hydrazine groups is 1. The van der Waals surface area contributed by atoms with Gasteiger partial charge in [-0.15, -0.1) is 0 Å². The first-order chi connectivity index (χ1) is 7.75. The molecule has 1 aromatic heterocycles. The first-order valence-electron chi connectivity index (χ1n) is 4.61. The summed E-state index contributed by atoms with van der Waals surface area (Å²) in [6.45, 7) is 0. The number of anilines is 1. The minimum absolute atomic E-state index is 0.184. The number of hydrogen-bond donors (Lipinski definition) is 2. The second-order valence-electron chi connectivity index (χ2n) is 3.07. The van der Waals surface area contributed by atoms with Crippen LogP contribution in [0.25, 0.3) is 0 Å². The Morgan fingerprint density at radius 2 is 2.12 bits per heavy atom. The molecule has 0 saturated carbocycles. The van der Waals surface area contributed by atoms with Gasteiger partial charge in [0.1, 0.15) is 5.82 Å². The van der Waals surface area contributed by atoms with Crippen LogP contribution in [0, 0.1) is 5.82 Å². The zero-order valence-corrected chi connectivity index (χ0v) is 8.24. The molecule has 0 saturated heterocycles. The zero-order chi connectivity index (χ0) is 11.4. The van der Waals surface area contributed by atoms with Crippen LogP contribution in [0.5, 0.6) is 0 Å². The summed E-state index contributed by atoms with van der Waals surface area (Å²) < 4.78 is 17.7. The molecule has 5 heteroatoms. The van der Waals surface area contributed by atoms with Gasteiger partial charge >= 0.3 is 5.91 Å². The monoisotopic (exact) mass is 220 g/mol. The fourth-order valence-electron chi connectivity index (χ4n) is 1.16. The van der Waals surface area contributed by atoms with E-state index in [-0.39, 0.29) is 11.6 Å². The van der Waals surface area contributed by atoms with E-state index in [1.165, 1.54) is 30.5 Å². The molecule has 0 radical (unpaired) electrons. The van der Waals surface area contributed by atoms with Gasteiger partial charge in [-0.3, -0.25) is 15.6 Å². The third-order valence-corrected chi connectivity index (χ3v) is 1.89. The van der Waals surface area contributed by atoms with E-state index in [0.717, 1.165) is 0 Å². The lowest BCUT2D eigenvalue weighted by Gasteiger charge is -2.06. The van der Waals surface area contributed by atoms with Crippen molar-refractivity contribution in [3.05, 3.63) is 54.2 Å². The topological polar surface area (TPSA) is 54.3 Å². The molecule has 0 unspecified atom stereocenters. The average Bonchev–Trinajstić information content (AvgIpc) is 2.79. The van der Waals surface area contributed by atoms with Crippen molar-refractivity contribution in [1.82, 2.24) is 5.43 Å². The number of hydrogen-bond acceptors (Lipinski definition) is 3. The van der Waals surface area contributed by atoms with Crippen molar-refractivity contribution in [2.24, 2.45) is 0 Å². The van der Waals surface area contributed by atoms with Gasteiger partial charge in [-0.1, -0.05) is 6.07 Å². The third kappa shape index (κ3) is 2.38. The van der Waals surface area contributed by atoms with Crippen LogP contribution >= 0.6 is 0 Å². The van der Waals surface area contributed by atoms with Gasteiger partial charge in [0, 0.05) is 0 Å². The number of rotatable bonds is 3. The van der Waals surface area contributed by atoms with Crippen molar-refractivity contribution in [2.75, 3.05) is 5.43 Å². The van der Waals surface area contributed by atoms with Crippen LogP contribution in [0.2, 0.25) is 0 Å². The van der Waals surface area contributed by atoms with Gasteiger partial charge in [-0.05, 0) is 30.3 Å². The molecule has 0 bridgehead atoms. The van der Waals surface area contributed by atoms with E-state index in [2.05, 4.69) is 10.9 Å².